The first kappa shape index (κ1) is 29.5. The van der Waals surface area contributed by atoms with Crippen LogP contribution in [-0.2, 0) is 24.4 Å². The number of anilines is 1. The van der Waals surface area contributed by atoms with Gasteiger partial charge in [-0.25, -0.2) is 4.39 Å². The normalized spacial score (nSPS) is 15.0. The molecule has 222 valence electrons. The first-order valence-corrected chi connectivity index (χ1v) is 13.9. The molecule has 2 aromatic carbocycles. The Bertz CT molecular complexity index is 1680. The Hall–Kier alpha value is -5.03. The number of carbonyl (C=O) groups is 3. The maximum Gasteiger partial charge on any atom is 0.276 e. The summed E-state index contributed by atoms with van der Waals surface area (Å²) in [4.78, 5) is 43.4. The number of rotatable bonds is 9. The number of hydrogen-bond donors (Lipinski definition) is 4. The van der Waals surface area contributed by atoms with E-state index in [1.165, 1.54) is 12.1 Å². The van der Waals surface area contributed by atoms with Crippen molar-refractivity contribution in [3.63, 3.8) is 0 Å². The van der Waals surface area contributed by atoms with Crippen molar-refractivity contribution in [2.24, 2.45) is 0 Å². The van der Waals surface area contributed by atoms with Crippen molar-refractivity contribution in [1.82, 2.24) is 25.0 Å². The first-order chi connectivity index (χ1) is 20.6. The van der Waals surface area contributed by atoms with Gasteiger partial charge in [0.2, 0.25) is 5.91 Å². The lowest BCUT2D eigenvalue weighted by atomic mass is 9.95. The second-order valence-corrected chi connectivity index (χ2v) is 10.6. The summed E-state index contributed by atoms with van der Waals surface area (Å²) in [5, 5.41) is 20.3. The fraction of sp³-hybridized carbons (Fsp3) is 0.250. The van der Waals surface area contributed by atoms with Crippen LogP contribution < -0.4 is 10.6 Å². The highest BCUT2D eigenvalue weighted by atomic mass is 19.1. The minimum absolute atomic E-state index is 0.0857. The third kappa shape index (κ3) is 6.41. The number of nitrogens with zero attached hydrogens (tertiary/aromatic N) is 3. The molecule has 2 aromatic heterocycles. The molecule has 2 atom stereocenters. The van der Waals surface area contributed by atoms with Crippen LogP contribution in [0, 0.1) is 5.82 Å². The Kier molecular flexibility index (Phi) is 8.53. The molecule has 1 aliphatic rings. The average Bonchev–Trinajstić information content (AvgIpc) is 3.66. The van der Waals surface area contributed by atoms with Gasteiger partial charge in [-0.05, 0) is 66.1 Å². The van der Waals surface area contributed by atoms with Crippen LogP contribution in [-0.4, -0.2) is 49.0 Å². The number of H-pyrrole nitrogens is 1. The van der Waals surface area contributed by atoms with Gasteiger partial charge in [0.15, 0.2) is 5.69 Å². The van der Waals surface area contributed by atoms with Gasteiger partial charge in [-0.2, -0.15) is 5.10 Å². The summed E-state index contributed by atoms with van der Waals surface area (Å²) >= 11 is 0. The molecule has 10 nitrogen and oxygen atoms in total. The Balaban J connectivity index is 1.52. The van der Waals surface area contributed by atoms with E-state index in [2.05, 4.69) is 22.2 Å². The maximum absolute atomic E-state index is 14.2. The number of fused-ring (bicyclic) bond motifs is 1. The van der Waals surface area contributed by atoms with Gasteiger partial charge >= 0.3 is 0 Å². The molecule has 0 aliphatic carbocycles. The molecule has 1 aliphatic heterocycles. The van der Waals surface area contributed by atoms with Crippen molar-refractivity contribution in [1.29, 1.82) is 0 Å². The highest BCUT2D eigenvalue weighted by molar-refractivity contribution is 6.04. The highest BCUT2D eigenvalue weighted by Gasteiger charge is 2.35. The van der Waals surface area contributed by atoms with E-state index in [-0.39, 0.29) is 43.1 Å². The predicted molar refractivity (Wildman–Crippen MR) is 159 cm³/mol. The monoisotopic (exact) mass is 584 g/mol. The van der Waals surface area contributed by atoms with E-state index in [4.69, 9.17) is 5.10 Å². The first-order valence-electron chi connectivity index (χ1n) is 13.9. The van der Waals surface area contributed by atoms with Gasteiger partial charge in [-0.3, -0.25) is 19.1 Å². The number of carbonyl (C=O) groups excluding carboxylic acids is 3. The van der Waals surface area contributed by atoms with Crippen LogP contribution in [0.4, 0.5) is 10.1 Å². The van der Waals surface area contributed by atoms with Crippen LogP contribution in [0.5, 0.6) is 0 Å². The van der Waals surface area contributed by atoms with Gasteiger partial charge < -0.3 is 25.6 Å². The molecule has 3 amide bonds. The van der Waals surface area contributed by atoms with Crippen molar-refractivity contribution in [3.8, 4) is 0 Å². The zero-order valence-corrected chi connectivity index (χ0v) is 23.9. The summed E-state index contributed by atoms with van der Waals surface area (Å²) in [5.74, 6) is -1.66. The fourth-order valence-electron chi connectivity index (χ4n) is 5.38. The SMILES string of the molecule is C=CC(=O)NCc1cc(F)ccc1Cn1nc(C(=O)Nc2cccc([C@H](C)O)c2)c2c1C(C)CN(C(=O)c1ccc[nH]1)C2. The molecule has 11 heteroatoms. The lowest BCUT2D eigenvalue weighted by molar-refractivity contribution is -0.116. The van der Waals surface area contributed by atoms with Crippen LogP contribution in [0.15, 0.2) is 73.4 Å². The van der Waals surface area contributed by atoms with Gasteiger partial charge in [-0.1, -0.05) is 31.7 Å². The summed E-state index contributed by atoms with van der Waals surface area (Å²) < 4.78 is 15.9. The van der Waals surface area contributed by atoms with Crippen molar-refractivity contribution in [3.05, 3.63) is 119 Å². The van der Waals surface area contributed by atoms with E-state index in [1.807, 2.05) is 6.92 Å². The molecule has 0 fully saturated rings. The van der Waals surface area contributed by atoms with E-state index >= 15 is 0 Å². The topological polar surface area (TPSA) is 132 Å². The van der Waals surface area contributed by atoms with E-state index in [9.17, 15) is 23.9 Å². The number of hydrogen-bond acceptors (Lipinski definition) is 5. The van der Waals surface area contributed by atoms with Crippen LogP contribution in [0.2, 0.25) is 0 Å². The smallest absolute Gasteiger partial charge is 0.276 e. The van der Waals surface area contributed by atoms with Crippen molar-refractivity contribution in [2.75, 3.05) is 11.9 Å². The molecule has 43 heavy (non-hydrogen) atoms. The molecule has 4 N–H and O–H groups in total. The van der Waals surface area contributed by atoms with Gasteiger partial charge in [0.1, 0.15) is 11.5 Å². The molecular weight excluding hydrogens is 551 g/mol. The van der Waals surface area contributed by atoms with Gasteiger partial charge in [0, 0.05) is 42.1 Å². The molecule has 0 saturated heterocycles. The van der Waals surface area contributed by atoms with E-state index in [1.54, 1.807) is 65.2 Å². The standard InChI is InChI=1S/C32H33FN6O4/c1-4-28(41)35-15-23-13-24(33)11-10-22(23)17-39-30-19(2)16-38(32(43)27-9-6-12-34-27)18-26(30)29(37-39)31(42)36-25-8-5-7-21(14-25)20(3)40/h4-14,19-20,34,40H,1,15-18H2,2-3H3,(H,35,41)(H,36,42)/t19?,20-/m0/s1. The minimum Gasteiger partial charge on any atom is -0.389 e. The summed E-state index contributed by atoms with van der Waals surface area (Å²) in [6, 6.07) is 14.7. The van der Waals surface area contributed by atoms with Gasteiger partial charge in [-0.15, -0.1) is 0 Å². The number of nitrogens with one attached hydrogen (secondary N) is 3. The molecule has 0 spiro atoms. The van der Waals surface area contributed by atoms with Crippen molar-refractivity contribution < 1.29 is 23.9 Å². The number of amides is 3. The third-order valence-corrected chi connectivity index (χ3v) is 7.49. The number of benzene rings is 2. The molecule has 5 rings (SSSR count). The Labute approximate surface area is 248 Å². The molecule has 0 bridgehead atoms. The summed E-state index contributed by atoms with van der Waals surface area (Å²) in [5.41, 5.74) is 4.44. The second-order valence-electron chi connectivity index (χ2n) is 10.6. The van der Waals surface area contributed by atoms with E-state index in [0.29, 0.717) is 40.2 Å². The Morgan fingerprint density at radius 3 is 2.72 bits per heavy atom. The molecule has 1 unspecified atom stereocenters. The van der Waals surface area contributed by atoms with Gasteiger partial charge in [0.25, 0.3) is 11.8 Å². The van der Waals surface area contributed by atoms with Gasteiger partial charge in [0.05, 0.1) is 19.2 Å². The fourth-order valence-corrected chi connectivity index (χ4v) is 5.38. The highest BCUT2D eigenvalue weighted by Crippen LogP contribution is 2.33. The van der Waals surface area contributed by atoms with E-state index in [0.717, 1.165) is 11.8 Å². The molecule has 0 radical (unpaired) electrons. The summed E-state index contributed by atoms with van der Waals surface area (Å²) in [6.45, 7) is 7.93. The lowest BCUT2D eigenvalue weighted by Gasteiger charge is -2.32. The molecule has 0 saturated carbocycles. The molecule has 3 heterocycles. The molecular formula is C32H33FN6O4. The van der Waals surface area contributed by atoms with Crippen LogP contribution >= 0.6 is 0 Å². The number of aromatic amines is 1. The Morgan fingerprint density at radius 2 is 2.00 bits per heavy atom. The van der Waals surface area contributed by atoms with Crippen LogP contribution in [0.1, 0.15) is 74.8 Å². The largest absolute Gasteiger partial charge is 0.389 e. The molecule has 4 aromatic rings. The predicted octanol–water partition coefficient (Wildman–Crippen LogP) is 4.27. The van der Waals surface area contributed by atoms with E-state index < -0.39 is 17.8 Å². The Morgan fingerprint density at radius 1 is 1.19 bits per heavy atom. The quantitative estimate of drug-likeness (QED) is 0.218. The number of halogens is 1. The third-order valence-electron chi connectivity index (χ3n) is 7.49. The maximum atomic E-state index is 14.2. The average molecular weight is 585 g/mol. The lowest BCUT2D eigenvalue weighted by Crippen LogP contribution is -2.38. The minimum atomic E-state index is -0.710. The summed E-state index contributed by atoms with van der Waals surface area (Å²) in [6.07, 6.45) is 2.12. The zero-order chi connectivity index (χ0) is 30.7. The van der Waals surface area contributed by atoms with Crippen LogP contribution in [0.25, 0.3) is 0 Å². The van der Waals surface area contributed by atoms with Crippen LogP contribution in [0.3, 0.4) is 0 Å². The second kappa shape index (κ2) is 12.5. The zero-order valence-electron chi connectivity index (χ0n) is 23.9. The number of aliphatic hydroxyl groups is 1. The van der Waals surface area contributed by atoms with Crippen molar-refractivity contribution in [2.45, 2.75) is 45.5 Å². The number of aromatic nitrogens is 3. The summed E-state index contributed by atoms with van der Waals surface area (Å²) in [7, 11) is 0. The van der Waals surface area contributed by atoms with Crippen molar-refractivity contribution >= 4 is 23.4 Å². The number of aliphatic hydroxyl groups excluding tert-OH is 1.